The van der Waals surface area contributed by atoms with Crippen LogP contribution in [0.25, 0.3) is 0 Å². The highest BCUT2D eigenvalue weighted by atomic mass is 16.2. The summed E-state index contributed by atoms with van der Waals surface area (Å²) in [7, 11) is 0. The molecule has 1 saturated carbocycles. The Bertz CT molecular complexity index is 610. The van der Waals surface area contributed by atoms with Crippen molar-refractivity contribution >= 4 is 23.2 Å². The van der Waals surface area contributed by atoms with E-state index in [-0.39, 0.29) is 23.1 Å². The van der Waals surface area contributed by atoms with Crippen LogP contribution in [0.1, 0.15) is 34.6 Å². The number of carbonyl (C=O) groups excluding carboxylic acids is 2. The van der Waals surface area contributed by atoms with Gasteiger partial charge in [-0.15, -0.1) is 0 Å². The van der Waals surface area contributed by atoms with Crippen molar-refractivity contribution < 1.29 is 9.59 Å². The molecule has 0 spiro atoms. The van der Waals surface area contributed by atoms with Gasteiger partial charge >= 0.3 is 0 Å². The molecule has 0 saturated heterocycles. The average Bonchev–Trinajstić information content (AvgIpc) is 2.91. The molecule has 0 bridgehead atoms. The van der Waals surface area contributed by atoms with E-state index >= 15 is 0 Å². The highest BCUT2D eigenvalue weighted by molar-refractivity contribution is 5.96. The monoisotopic (exact) mass is 300 g/mol. The van der Waals surface area contributed by atoms with Gasteiger partial charge in [0.05, 0.1) is 5.92 Å². The standard InChI is InChI=1S/C18H24N2O2/c1-11(2)10-15-16(18(15,4)5)17(22)20-14-8-6-13(7-9-14)19-12(3)21/h6-10,15-16H,1-5H3,(H,19,21)(H,20,22)/t15-,16+/m0/s1. The Hall–Kier alpha value is -2.10. The Morgan fingerprint density at radius 3 is 1.95 bits per heavy atom. The van der Waals surface area contributed by atoms with E-state index in [4.69, 9.17) is 0 Å². The van der Waals surface area contributed by atoms with E-state index in [9.17, 15) is 9.59 Å². The summed E-state index contributed by atoms with van der Waals surface area (Å²) in [4.78, 5) is 23.4. The first-order chi connectivity index (χ1) is 10.2. The van der Waals surface area contributed by atoms with Gasteiger partial charge < -0.3 is 10.6 Å². The van der Waals surface area contributed by atoms with Crippen LogP contribution < -0.4 is 10.6 Å². The fraction of sp³-hybridized carbons (Fsp3) is 0.444. The maximum atomic E-state index is 12.4. The van der Waals surface area contributed by atoms with E-state index in [2.05, 4.69) is 44.4 Å². The molecular formula is C18H24N2O2. The lowest BCUT2D eigenvalue weighted by Crippen LogP contribution is -2.16. The molecule has 0 unspecified atom stereocenters. The smallest absolute Gasteiger partial charge is 0.228 e. The zero-order valence-electron chi connectivity index (χ0n) is 13.9. The Labute approximate surface area is 132 Å². The lowest BCUT2D eigenvalue weighted by molar-refractivity contribution is -0.118. The van der Waals surface area contributed by atoms with Crippen LogP contribution >= 0.6 is 0 Å². The topological polar surface area (TPSA) is 58.2 Å². The third-order valence-electron chi connectivity index (χ3n) is 4.18. The first-order valence-corrected chi connectivity index (χ1v) is 7.55. The van der Waals surface area contributed by atoms with Crippen molar-refractivity contribution in [2.24, 2.45) is 17.3 Å². The molecule has 1 fully saturated rings. The van der Waals surface area contributed by atoms with Crippen LogP contribution in [0.5, 0.6) is 0 Å². The van der Waals surface area contributed by atoms with Crippen LogP contribution in [0, 0.1) is 17.3 Å². The van der Waals surface area contributed by atoms with E-state index in [0.717, 1.165) is 11.4 Å². The van der Waals surface area contributed by atoms with Gasteiger partial charge in [-0.05, 0) is 49.4 Å². The number of allylic oxidation sites excluding steroid dienone is 2. The van der Waals surface area contributed by atoms with Crippen LogP contribution in [0.15, 0.2) is 35.9 Å². The molecule has 22 heavy (non-hydrogen) atoms. The predicted octanol–water partition coefficient (Wildman–Crippen LogP) is 3.82. The van der Waals surface area contributed by atoms with Crippen LogP contribution in [-0.2, 0) is 9.59 Å². The zero-order valence-corrected chi connectivity index (χ0v) is 13.9. The Kier molecular flexibility index (Phi) is 4.40. The lowest BCUT2D eigenvalue weighted by atomic mass is 10.1. The van der Waals surface area contributed by atoms with E-state index in [1.54, 1.807) is 24.3 Å². The summed E-state index contributed by atoms with van der Waals surface area (Å²) >= 11 is 0. The number of hydrogen-bond donors (Lipinski definition) is 2. The van der Waals surface area contributed by atoms with E-state index < -0.39 is 0 Å². The second-order valence-electron chi connectivity index (χ2n) is 6.82. The number of nitrogens with one attached hydrogen (secondary N) is 2. The minimum Gasteiger partial charge on any atom is -0.326 e. The first kappa shape index (κ1) is 16.3. The van der Waals surface area contributed by atoms with Crippen molar-refractivity contribution in [1.29, 1.82) is 0 Å². The fourth-order valence-corrected chi connectivity index (χ4v) is 2.91. The average molecular weight is 300 g/mol. The van der Waals surface area contributed by atoms with E-state index in [1.807, 2.05) is 0 Å². The fourth-order valence-electron chi connectivity index (χ4n) is 2.91. The third kappa shape index (κ3) is 3.56. The number of amides is 2. The molecule has 4 nitrogen and oxygen atoms in total. The number of anilines is 2. The van der Waals surface area contributed by atoms with Crippen molar-refractivity contribution in [3.8, 4) is 0 Å². The van der Waals surface area contributed by atoms with Gasteiger partial charge in [0.25, 0.3) is 0 Å². The summed E-state index contributed by atoms with van der Waals surface area (Å²) in [6, 6.07) is 7.16. The second kappa shape index (κ2) is 5.95. The highest BCUT2D eigenvalue weighted by Gasteiger charge is 2.60. The molecule has 0 radical (unpaired) electrons. The van der Waals surface area contributed by atoms with E-state index in [1.165, 1.54) is 12.5 Å². The molecule has 1 aromatic carbocycles. The zero-order chi connectivity index (χ0) is 16.5. The molecule has 0 aliphatic heterocycles. The summed E-state index contributed by atoms with van der Waals surface area (Å²) in [5.74, 6) is 0.259. The van der Waals surface area contributed by atoms with Gasteiger partial charge in [0, 0.05) is 18.3 Å². The second-order valence-corrected chi connectivity index (χ2v) is 6.82. The molecule has 1 aliphatic carbocycles. The van der Waals surface area contributed by atoms with Gasteiger partial charge in [0.2, 0.25) is 11.8 Å². The van der Waals surface area contributed by atoms with Gasteiger partial charge in [0.15, 0.2) is 0 Å². The van der Waals surface area contributed by atoms with Crippen LogP contribution in [0.2, 0.25) is 0 Å². The molecule has 4 heteroatoms. The summed E-state index contributed by atoms with van der Waals surface area (Å²) in [6.45, 7) is 9.84. The molecule has 1 aliphatic rings. The molecule has 1 aromatic rings. The van der Waals surface area contributed by atoms with Crippen molar-refractivity contribution in [3.05, 3.63) is 35.9 Å². The Balaban J connectivity index is 2.01. The van der Waals surface area contributed by atoms with Gasteiger partial charge in [0.1, 0.15) is 0 Å². The van der Waals surface area contributed by atoms with Gasteiger partial charge in [-0.1, -0.05) is 25.5 Å². The Morgan fingerprint density at radius 1 is 1.00 bits per heavy atom. The van der Waals surface area contributed by atoms with Gasteiger partial charge in [-0.2, -0.15) is 0 Å². The minimum absolute atomic E-state index is 0.0114. The minimum atomic E-state index is -0.110. The molecule has 118 valence electrons. The maximum Gasteiger partial charge on any atom is 0.228 e. The van der Waals surface area contributed by atoms with Crippen molar-refractivity contribution in [3.63, 3.8) is 0 Å². The van der Waals surface area contributed by atoms with Crippen molar-refractivity contribution in [2.75, 3.05) is 10.6 Å². The number of rotatable bonds is 4. The molecule has 2 rings (SSSR count). The molecule has 2 atom stereocenters. The van der Waals surface area contributed by atoms with Crippen molar-refractivity contribution in [2.45, 2.75) is 34.6 Å². The number of carbonyl (C=O) groups is 2. The van der Waals surface area contributed by atoms with Crippen molar-refractivity contribution in [1.82, 2.24) is 0 Å². The largest absolute Gasteiger partial charge is 0.326 e. The number of hydrogen-bond acceptors (Lipinski definition) is 2. The Morgan fingerprint density at radius 2 is 1.50 bits per heavy atom. The summed E-state index contributed by atoms with van der Waals surface area (Å²) < 4.78 is 0. The number of benzene rings is 1. The SMILES string of the molecule is CC(=O)Nc1ccc(NC(=O)[C@H]2[C@H](C=C(C)C)C2(C)C)cc1. The summed E-state index contributed by atoms with van der Waals surface area (Å²) in [6.07, 6.45) is 2.18. The van der Waals surface area contributed by atoms with Crippen LogP contribution in [-0.4, -0.2) is 11.8 Å². The van der Waals surface area contributed by atoms with E-state index in [0.29, 0.717) is 5.92 Å². The first-order valence-electron chi connectivity index (χ1n) is 7.55. The molecule has 0 aromatic heterocycles. The molecule has 2 N–H and O–H groups in total. The summed E-state index contributed by atoms with van der Waals surface area (Å²) in [5.41, 5.74) is 2.72. The summed E-state index contributed by atoms with van der Waals surface area (Å²) in [5, 5.41) is 5.67. The van der Waals surface area contributed by atoms with Gasteiger partial charge in [-0.25, -0.2) is 0 Å². The molecular weight excluding hydrogens is 276 g/mol. The predicted molar refractivity (Wildman–Crippen MR) is 89.6 cm³/mol. The molecule has 0 heterocycles. The normalized spacial score (nSPS) is 21.7. The van der Waals surface area contributed by atoms with Gasteiger partial charge in [-0.3, -0.25) is 9.59 Å². The highest BCUT2D eigenvalue weighted by Crippen LogP contribution is 2.59. The quantitative estimate of drug-likeness (QED) is 0.830. The third-order valence-corrected chi connectivity index (χ3v) is 4.18. The molecule has 2 amide bonds. The lowest BCUT2D eigenvalue weighted by Gasteiger charge is -2.07. The maximum absolute atomic E-state index is 12.4. The van der Waals surface area contributed by atoms with Crippen LogP contribution in [0.4, 0.5) is 11.4 Å². The van der Waals surface area contributed by atoms with Crippen LogP contribution in [0.3, 0.4) is 0 Å².